The summed E-state index contributed by atoms with van der Waals surface area (Å²) in [5.41, 5.74) is 2.94. The summed E-state index contributed by atoms with van der Waals surface area (Å²) >= 11 is 0. The number of allylic oxidation sites excluding steroid dienone is 4. The molecule has 0 radical (unpaired) electrons. The lowest BCUT2D eigenvalue weighted by Gasteiger charge is -2.28. The Kier molecular flexibility index (Phi) is 6.35. The Morgan fingerprint density at radius 3 is 1.62 bits per heavy atom. The molecule has 0 nitrogen and oxygen atoms in total. The highest BCUT2D eigenvalue weighted by Gasteiger charge is 2.22. The third kappa shape index (κ3) is 4.85. The van der Waals surface area contributed by atoms with Gasteiger partial charge in [-0.05, 0) is 94.4 Å². The molecule has 0 unspecified atom stereocenters. The van der Waals surface area contributed by atoms with Crippen molar-refractivity contribution in [3.8, 4) is 0 Å². The summed E-state index contributed by atoms with van der Waals surface area (Å²) in [5.74, 6) is 3.33. The molecule has 0 heterocycles. The third-order valence-corrected chi connectivity index (χ3v) is 6.26. The quantitative estimate of drug-likeness (QED) is 0.514. The van der Waals surface area contributed by atoms with Crippen molar-refractivity contribution in [3.05, 3.63) is 59.7 Å². The highest BCUT2D eigenvalue weighted by molar-refractivity contribution is 5.25. The van der Waals surface area contributed by atoms with E-state index in [4.69, 9.17) is 0 Å². The SMILES string of the molecule is CC=CC1CCC(C=CC2CCC(c3ccc(C)cc3)CC2)CC1. The van der Waals surface area contributed by atoms with E-state index in [1.54, 1.807) is 5.56 Å². The monoisotopic (exact) mass is 322 g/mol. The second-order valence-corrected chi connectivity index (χ2v) is 8.11. The summed E-state index contributed by atoms with van der Waals surface area (Å²) < 4.78 is 0. The van der Waals surface area contributed by atoms with E-state index in [1.165, 1.54) is 56.9 Å². The summed E-state index contributed by atoms with van der Waals surface area (Å²) in [6, 6.07) is 9.23. The number of rotatable bonds is 4. The molecule has 2 aliphatic carbocycles. The minimum atomic E-state index is 0.798. The molecule has 0 spiro atoms. The summed E-state index contributed by atoms with van der Waals surface area (Å²) in [6.45, 7) is 4.33. The first-order chi connectivity index (χ1) is 11.7. The molecule has 2 saturated carbocycles. The predicted molar refractivity (Wildman–Crippen MR) is 105 cm³/mol. The van der Waals surface area contributed by atoms with Crippen LogP contribution in [0, 0.1) is 24.7 Å². The van der Waals surface area contributed by atoms with Crippen LogP contribution in [-0.2, 0) is 0 Å². The van der Waals surface area contributed by atoms with Gasteiger partial charge in [0, 0.05) is 0 Å². The van der Waals surface area contributed by atoms with Crippen LogP contribution in [0.5, 0.6) is 0 Å². The van der Waals surface area contributed by atoms with Gasteiger partial charge in [0.1, 0.15) is 0 Å². The highest BCUT2D eigenvalue weighted by Crippen LogP contribution is 2.37. The lowest BCUT2D eigenvalue weighted by Crippen LogP contribution is -2.13. The van der Waals surface area contributed by atoms with Gasteiger partial charge in [-0.25, -0.2) is 0 Å². The van der Waals surface area contributed by atoms with Crippen molar-refractivity contribution in [2.75, 3.05) is 0 Å². The van der Waals surface area contributed by atoms with Crippen LogP contribution in [0.25, 0.3) is 0 Å². The fourth-order valence-electron chi connectivity index (χ4n) is 4.60. The average Bonchev–Trinajstić information content (AvgIpc) is 2.63. The molecule has 0 heteroatoms. The molecular formula is C24H34. The first-order valence-corrected chi connectivity index (χ1v) is 10.1. The van der Waals surface area contributed by atoms with E-state index < -0.39 is 0 Å². The van der Waals surface area contributed by atoms with E-state index in [-0.39, 0.29) is 0 Å². The molecule has 0 saturated heterocycles. The predicted octanol–water partition coefficient (Wildman–Crippen LogP) is 7.21. The first-order valence-electron chi connectivity index (χ1n) is 10.1. The van der Waals surface area contributed by atoms with E-state index in [0.29, 0.717) is 0 Å². The van der Waals surface area contributed by atoms with Gasteiger partial charge in [-0.2, -0.15) is 0 Å². The Morgan fingerprint density at radius 1 is 0.667 bits per heavy atom. The molecule has 0 aliphatic heterocycles. The highest BCUT2D eigenvalue weighted by atomic mass is 14.3. The van der Waals surface area contributed by atoms with Gasteiger partial charge in [0.05, 0.1) is 0 Å². The van der Waals surface area contributed by atoms with Crippen LogP contribution in [0.4, 0.5) is 0 Å². The molecule has 24 heavy (non-hydrogen) atoms. The molecule has 0 amide bonds. The minimum Gasteiger partial charge on any atom is -0.0914 e. The molecule has 2 fully saturated rings. The topological polar surface area (TPSA) is 0 Å². The molecule has 0 aromatic heterocycles. The summed E-state index contributed by atoms with van der Waals surface area (Å²) in [4.78, 5) is 0. The van der Waals surface area contributed by atoms with Crippen molar-refractivity contribution >= 4 is 0 Å². The standard InChI is InChI=1S/C24H34/c1-3-4-20-7-9-21(10-8-20)11-12-22-13-17-24(18-14-22)23-15-5-19(2)6-16-23/h3-6,11-12,15-16,20-22,24H,7-10,13-14,17-18H2,1-2H3. The van der Waals surface area contributed by atoms with E-state index in [0.717, 1.165) is 23.7 Å². The van der Waals surface area contributed by atoms with Gasteiger partial charge in [-0.15, -0.1) is 0 Å². The summed E-state index contributed by atoms with van der Waals surface area (Å²) in [5, 5.41) is 0. The fourth-order valence-corrected chi connectivity index (χ4v) is 4.60. The summed E-state index contributed by atoms with van der Waals surface area (Å²) in [6.07, 6.45) is 20.8. The maximum absolute atomic E-state index is 2.58. The number of aryl methyl sites for hydroxylation is 1. The minimum absolute atomic E-state index is 0.798. The molecule has 1 aromatic rings. The Hall–Kier alpha value is -1.30. The smallest absolute Gasteiger partial charge is 0.0162 e. The van der Waals surface area contributed by atoms with Crippen molar-refractivity contribution in [1.29, 1.82) is 0 Å². The molecule has 0 bridgehead atoms. The van der Waals surface area contributed by atoms with Crippen molar-refractivity contribution in [2.24, 2.45) is 17.8 Å². The Balaban J connectivity index is 1.43. The van der Waals surface area contributed by atoms with Crippen molar-refractivity contribution in [1.82, 2.24) is 0 Å². The Bertz CT molecular complexity index is 532. The van der Waals surface area contributed by atoms with Crippen LogP contribution < -0.4 is 0 Å². The fraction of sp³-hybridized carbons (Fsp3) is 0.583. The number of hydrogen-bond donors (Lipinski definition) is 0. The first kappa shape index (κ1) is 17.5. The van der Waals surface area contributed by atoms with Crippen LogP contribution in [0.2, 0.25) is 0 Å². The van der Waals surface area contributed by atoms with Gasteiger partial charge in [0.2, 0.25) is 0 Å². The molecule has 0 atom stereocenters. The lowest BCUT2D eigenvalue weighted by atomic mass is 9.77. The molecule has 3 rings (SSSR count). The van der Waals surface area contributed by atoms with Gasteiger partial charge in [0.15, 0.2) is 0 Å². The number of benzene rings is 1. The van der Waals surface area contributed by atoms with E-state index in [9.17, 15) is 0 Å². The van der Waals surface area contributed by atoms with Gasteiger partial charge >= 0.3 is 0 Å². The Morgan fingerprint density at radius 2 is 1.12 bits per heavy atom. The molecule has 130 valence electrons. The van der Waals surface area contributed by atoms with Crippen molar-refractivity contribution in [2.45, 2.75) is 71.1 Å². The largest absolute Gasteiger partial charge is 0.0914 e. The zero-order chi connectivity index (χ0) is 16.8. The maximum atomic E-state index is 2.58. The van der Waals surface area contributed by atoms with Crippen LogP contribution in [-0.4, -0.2) is 0 Å². The van der Waals surface area contributed by atoms with E-state index in [1.807, 2.05) is 0 Å². The summed E-state index contributed by atoms with van der Waals surface area (Å²) in [7, 11) is 0. The van der Waals surface area contributed by atoms with E-state index in [2.05, 4.69) is 62.4 Å². The van der Waals surface area contributed by atoms with Crippen LogP contribution >= 0.6 is 0 Å². The normalized spacial score (nSPS) is 31.8. The average molecular weight is 323 g/mol. The molecular weight excluding hydrogens is 288 g/mol. The van der Waals surface area contributed by atoms with Crippen molar-refractivity contribution < 1.29 is 0 Å². The van der Waals surface area contributed by atoms with Crippen LogP contribution in [0.3, 0.4) is 0 Å². The van der Waals surface area contributed by atoms with E-state index >= 15 is 0 Å². The lowest BCUT2D eigenvalue weighted by molar-refractivity contribution is 0.348. The zero-order valence-corrected chi connectivity index (χ0v) is 15.6. The maximum Gasteiger partial charge on any atom is -0.0162 e. The second kappa shape index (κ2) is 8.70. The second-order valence-electron chi connectivity index (χ2n) is 8.11. The van der Waals surface area contributed by atoms with Gasteiger partial charge in [0.25, 0.3) is 0 Å². The van der Waals surface area contributed by atoms with Gasteiger partial charge in [-0.1, -0.05) is 54.1 Å². The molecule has 0 N–H and O–H groups in total. The zero-order valence-electron chi connectivity index (χ0n) is 15.6. The van der Waals surface area contributed by atoms with Gasteiger partial charge < -0.3 is 0 Å². The molecule has 1 aromatic carbocycles. The van der Waals surface area contributed by atoms with Crippen LogP contribution in [0.1, 0.15) is 75.3 Å². The van der Waals surface area contributed by atoms with Crippen molar-refractivity contribution in [3.63, 3.8) is 0 Å². The third-order valence-electron chi connectivity index (χ3n) is 6.26. The van der Waals surface area contributed by atoms with Crippen LogP contribution in [0.15, 0.2) is 48.6 Å². The molecule has 2 aliphatic rings. The van der Waals surface area contributed by atoms with Gasteiger partial charge in [-0.3, -0.25) is 0 Å². The number of hydrogen-bond acceptors (Lipinski definition) is 0. The Labute approximate surface area is 149 Å².